The van der Waals surface area contributed by atoms with Gasteiger partial charge in [-0.3, -0.25) is 9.59 Å². The Morgan fingerprint density at radius 2 is 2.12 bits per heavy atom. The standard InChI is InChI=1S/C9H9Cl2NO5/c1-2-16-8(14)3(7(12)13)6-4(10)5(11)9(15)17-6/h3,6H,2H2,1H3,(H2,12,13). The zero-order valence-corrected chi connectivity index (χ0v) is 10.2. The van der Waals surface area contributed by atoms with Gasteiger partial charge in [-0.05, 0) is 6.92 Å². The predicted molar refractivity (Wildman–Crippen MR) is 57.9 cm³/mol. The van der Waals surface area contributed by atoms with E-state index in [1.54, 1.807) is 6.92 Å². The topological polar surface area (TPSA) is 95.7 Å². The second-order valence-electron chi connectivity index (χ2n) is 3.12. The fourth-order valence-electron chi connectivity index (χ4n) is 1.28. The van der Waals surface area contributed by atoms with E-state index in [1.807, 2.05) is 0 Å². The minimum Gasteiger partial charge on any atom is -0.465 e. The van der Waals surface area contributed by atoms with Crippen LogP contribution < -0.4 is 5.73 Å². The minimum absolute atomic E-state index is 0.0539. The number of carbonyl (C=O) groups excluding carboxylic acids is 3. The SMILES string of the molecule is CCOC(=O)C(C(N)=O)C1OC(=O)C(Cl)=C1Cl. The highest BCUT2D eigenvalue weighted by atomic mass is 35.5. The molecule has 0 aromatic carbocycles. The Morgan fingerprint density at radius 3 is 2.47 bits per heavy atom. The summed E-state index contributed by atoms with van der Waals surface area (Å²) in [5.41, 5.74) is 5.05. The molecule has 8 heteroatoms. The maximum absolute atomic E-state index is 11.5. The Labute approximate surface area is 107 Å². The van der Waals surface area contributed by atoms with Gasteiger partial charge < -0.3 is 15.2 Å². The van der Waals surface area contributed by atoms with Crippen LogP contribution in [0.25, 0.3) is 0 Å². The van der Waals surface area contributed by atoms with E-state index in [0.29, 0.717) is 0 Å². The molecule has 0 radical (unpaired) electrons. The molecule has 1 rings (SSSR count). The highest BCUT2D eigenvalue weighted by Gasteiger charge is 2.45. The summed E-state index contributed by atoms with van der Waals surface area (Å²) in [7, 11) is 0. The van der Waals surface area contributed by atoms with Crippen molar-refractivity contribution in [3.05, 3.63) is 10.1 Å². The summed E-state index contributed by atoms with van der Waals surface area (Å²) in [6.45, 7) is 1.61. The molecule has 94 valence electrons. The van der Waals surface area contributed by atoms with Gasteiger partial charge in [0.2, 0.25) is 5.91 Å². The molecule has 1 heterocycles. The molecule has 1 aliphatic heterocycles. The van der Waals surface area contributed by atoms with E-state index in [9.17, 15) is 14.4 Å². The van der Waals surface area contributed by atoms with E-state index in [1.165, 1.54) is 0 Å². The van der Waals surface area contributed by atoms with Crippen LogP contribution >= 0.6 is 23.2 Å². The number of cyclic esters (lactones) is 1. The molecular weight excluding hydrogens is 273 g/mol. The van der Waals surface area contributed by atoms with Crippen LogP contribution in [-0.2, 0) is 23.9 Å². The highest BCUT2D eigenvalue weighted by Crippen LogP contribution is 2.33. The van der Waals surface area contributed by atoms with Crippen LogP contribution in [0.4, 0.5) is 0 Å². The fourth-order valence-corrected chi connectivity index (χ4v) is 1.68. The second-order valence-corrected chi connectivity index (χ2v) is 3.91. The number of halogens is 2. The number of rotatable bonds is 4. The number of hydrogen-bond acceptors (Lipinski definition) is 5. The summed E-state index contributed by atoms with van der Waals surface area (Å²) in [6.07, 6.45) is -1.31. The van der Waals surface area contributed by atoms with Crippen molar-refractivity contribution >= 4 is 41.0 Å². The number of carbonyl (C=O) groups is 3. The van der Waals surface area contributed by atoms with E-state index in [0.717, 1.165) is 0 Å². The number of hydrogen-bond donors (Lipinski definition) is 1. The summed E-state index contributed by atoms with van der Waals surface area (Å²) in [5.74, 6) is -4.33. The van der Waals surface area contributed by atoms with E-state index in [2.05, 4.69) is 4.74 Å². The van der Waals surface area contributed by atoms with Crippen LogP contribution in [0, 0.1) is 5.92 Å². The molecule has 2 N–H and O–H groups in total. The fraction of sp³-hybridized carbons (Fsp3) is 0.444. The molecule has 0 bridgehead atoms. The molecule has 0 fully saturated rings. The van der Waals surface area contributed by atoms with Crippen molar-refractivity contribution in [3.8, 4) is 0 Å². The van der Waals surface area contributed by atoms with Crippen molar-refractivity contribution in [2.75, 3.05) is 6.61 Å². The monoisotopic (exact) mass is 281 g/mol. The van der Waals surface area contributed by atoms with E-state index in [-0.39, 0.29) is 16.7 Å². The van der Waals surface area contributed by atoms with Crippen LogP contribution in [0.5, 0.6) is 0 Å². The zero-order valence-electron chi connectivity index (χ0n) is 8.74. The van der Waals surface area contributed by atoms with Gasteiger partial charge in [0.1, 0.15) is 5.03 Å². The molecule has 17 heavy (non-hydrogen) atoms. The lowest BCUT2D eigenvalue weighted by Gasteiger charge is -2.18. The summed E-state index contributed by atoms with van der Waals surface area (Å²) in [4.78, 5) is 33.8. The lowest BCUT2D eigenvalue weighted by molar-refractivity contribution is -0.158. The minimum atomic E-state index is -1.50. The van der Waals surface area contributed by atoms with E-state index < -0.39 is 29.9 Å². The molecule has 0 aromatic rings. The molecular formula is C9H9Cl2NO5. The van der Waals surface area contributed by atoms with Gasteiger partial charge in [-0.25, -0.2) is 4.79 Å². The average Bonchev–Trinajstić information content (AvgIpc) is 2.47. The molecule has 0 saturated carbocycles. The number of primary amides is 1. The first-order chi connectivity index (χ1) is 7.90. The number of amides is 1. The maximum Gasteiger partial charge on any atom is 0.351 e. The highest BCUT2D eigenvalue weighted by molar-refractivity contribution is 6.48. The van der Waals surface area contributed by atoms with Gasteiger partial charge in [0.25, 0.3) is 0 Å². The van der Waals surface area contributed by atoms with E-state index >= 15 is 0 Å². The van der Waals surface area contributed by atoms with Crippen molar-refractivity contribution in [1.29, 1.82) is 0 Å². The maximum atomic E-state index is 11.5. The third-order valence-corrected chi connectivity index (χ3v) is 2.88. The first kappa shape index (κ1) is 13.8. The van der Waals surface area contributed by atoms with Gasteiger partial charge >= 0.3 is 11.9 Å². The number of ether oxygens (including phenoxy) is 2. The molecule has 0 spiro atoms. The molecule has 0 aliphatic carbocycles. The summed E-state index contributed by atoms with van der Waals surface area (Å²) < 4.78 is 9.34. The van der Waals surface area contributed by atoms with Crippen LogP contribution in [0.2, 0.25) is 0 Å². The molecule has 6 nitrogen and oxygen atoms in total. The zero-order chi connectivity index (χ0) is 13.2. The summed E-state index contributed by atoms with van der Waals surface area (Å²) in [5, 5.41) is -0.597. The van der Waals surface area contributed by atoms with Crippen LogP contribution in [0.3, 0.4) is 0 Å². The van der Waals surface area contributed by atoms with Crippen LogP contribution in [0.1, 0.15) is 6.92 Å². The van der Waals surface area contributed by atoms with Gasteiger partial charge in [0.15, 0.2) is 12.0 Å². The second kappa shape index (κ2) is 5.37. The Morgan fingerprint density at radius 1 is 1.53 bits per heavy atom. The van der Waals surface area contributed by atoms with Crippen molar-refractivity contribution < 1.29 is 23.9 Å². The van der Waals surface area contributed by atoms with Gasteiger partial charge in [-0.15, -0.1) is 0 Å². The Hall–Kier alpha value is -1.27. The summed E-state index contributed by atoms with van der Waals surface area (Å²) in [6, 6.07) is 0. The summed E-state index contributed by atoms with van der Waals surface area (Å²) >= 11 is 11.2. The Bertz CT molecular complexity index is 406. The Balaban J connectivity index is 2.99. The first-order valence-electron chi connectivity index (χ1n) is 4.62. The van der Waals surface area contributed by atoms with Crippen molar-refractivity contribution in [1.82, 2.24) is 0 Å². The number of nitrogens with two attached hydrogens (primary N) is 1. The molecule has 1 amide bonds. The predicted octanol–water partition coefficient (Wildman–Crippen LogP) is 0.266. The van der Waals surface area contributed by atoms with Crippen molar-refractivity contribution in [2.24, 2.45) is 11.7 Å². The lowest BCUT2D eigenvalue weighted by atomic mass is 10.0. The Kier molecular flexibility index (Phi) is 4.36. The van der Waals surface area contributed by atoms with Gasteiger partial charge in [-0.1, -0.05) is 23.2 Å². The number of esters is 2. The van der Waals surface area contributed by atoms with Crippen LogP contribution in [-0.4, -0.2) is 30.6 Å². The van der Waals surface area contributed by atoms with Crippen molar-refractivity contribution in [2.45, 2.75) is 13.0 Å². The van der Waals surface area contributed by atoms with Crippen molar-refractivity contribution in [3.63, 3.8) is 0 Å². The van der Waals surface area contributed by atoms with E-state index in [4.69, 9.17) is 33.7 Å². The van der Waals surface area contributed by atoms with Gasteiger partial charge in [0.05, 0.1) is 11.6 Å². The first-order valence-corrected chi connectivity index (χ1v) is 5.37. The van der Waals surface area contributed by atoms with Gasteiger partial charge in [0, 0.05) is 0 Å². The third-order valence-electron chi connectivity index (χ3n) is 2.02. The molecule has 1 aliphatic rings. The molecule has 0 saturated heterocycles. The third kappa shape index (κ3) is 2.70. The smallest absolute Gasteiger partial charge is 0.351 e. The largest absolute Gasteiger partial charge is 0.465 e. The van der Waals surface area contributed by atoms with Gasteiger partial charge in [-0.2, -0.15) is 0 Å². The van der Waals surface area contributed by atoms with Crippen LogP contribution in [0.15, 0.2) is 10.1 Å². The average molecular weight is 282 g/mol. The normalized spacial score (nSPS) is 21.1. The lowest BCUT2D eigenvalue weighted by Crippen LogP contribution is -2.41. The molecule has 2 unspecified atom stereocenters. The molecule has 2 atom stereocenters. The molecule has 0 aromatic heterocycles. The quantitative estimate of drug-likeness (QED) is 0.589.